The van der Waals surface area contributed by atoms with Gasteiger partial charge in [0.1, 0.15) is 0 Å². The van der Waals surface area contributed by atoms with Crippen molar-refractivity contribution in [2.24, 2.45) is 0 Å². The third kappa shape index (κ3) is 4.87. The lowest BCUT2D eigenvalue weighted by molar-refractivity contribution is 0.0662. The third-order valence-electron chi connectivity index (χ3n) is 3.36. The Morgan fingerprint density at radius 2 is 2.10 bits per heavy atom. The fourth-order valence-corrected chi connectivity index (χ4v) is 2.09. The molecule has 2 rings (SSSR count). The van der Waals surface area contributed by atoms with E-state index in [0.29, 0.717) is 12.0 Å². The summed E-state index contributed by atoms with van der Waals surface area (Å²) in [6.07, 6.45) is 0.442. The van der Waals surface area contributed by atoms with Crippen LogP contribution < -0.4 is 5.43 Å². The van der Waals surface area contributed by atoms with E-state index in [2.05, 4.69) is 29.2 Å². The number of likely N-dealkylation sites (N-methyl/N-ethyl adjacent to an activating group) is 1. The lowest BCUT2D eigenvalue weighted by Crippen LogP contribution is -2.52. The van der Waals surface area contributed by atoms with Gasteiger partial charge in [0.15, 0.2) is 0 Å². The van der Waals surface area contributed by atoms with Crippen molar-refractivity contribution in [3.05, 3.63) is 35.4 Å². The average Bonchev–Trinajstić information content (AvgIpc) is 2.50. The maximum Gasteiger partial charge on any atom is 0.265 e. The van der Waals surface area contributed by atoms with Gasteiger partial charge in [-0.05, 0) is 25.2 Å². The first-order valence-corrected chi connectivity index (χ1v) is 7.13. The van der Waals surface area contributed by atoms with Crippen LogP contribution in [-0.2, 0) is 0 Å². The van der Waals surface area contributed by atoms with Gasteiger partial charge in [-0.1, -0.05) is 17.9 Å². The number of carbonyl (C=O) groups excluding carboxylic acids is 1. The summed E-state index contributed by atoms with van der Waals surface area (Å²) in [5, 5.41) is 10.7. The largest absolute Gasteiger partial charge is 0.395 e. The molecule has 1 aromatic carbocycles. The number of hydrazine groups is 1. The maximum atomic E-state index is 12.2. The van der Waals surface area contributed by atoms with Crippen molar-refractivity contribution >= 4 is 5.91 Å². The molecule has 0 saturated carbocycles. The molecule has 21 heavy (non-hydrogen) atoms. The highest BCUT2D eigenvalue weighted by molar-refractivity contribution is 5.94. The molecule has 1 amide bonds. The molecule has 1 heterocycles. The number of nitrogens with one attached hydrogen (secondary N) is 1. The zero-order valence-corrected chi connectivity index (χ0v) is 12.3. The van der Waals surface area contributed by atoms with Crippen LogP contribution in [0.5, 0.6) is 0 Å². The van der Waals surface area contributed by atoms with E-state index in [4.69, 9.17) is 5.11 Å². The Bertz CT molecular complexity index is 540. The Morgan fingerprint density at radius 3 is 2.81 bits per heavy atom. The first-order valence-electron chi connectivity index (χ1n) is 7.13. The first-order chi connectivity index (χ1) is 10.2. The maximum absolute atomic E-state index is 12.2. The van der Waals surface area contributed by atoms with Gasteiger partial charge in [-0.3, -0.25) is 10.2 Å². The third-order valence-corrected chi connectivity index (χ3v) is 3.36. The van der Waals surface area contributed by atoms with Crippen LogP contribution in [0.2, 0.25) is 0 Å². The molecule has 0 aliphatic carbocycles. The molecule has 0 bridgehead atoms. The predicted molar refractivity (Wildman–Crippen MR) is 81.6 cm³/mol. The van der Waals surface area contributed by atoms with Crippen molar-refractivity contribution in [1.29, 1.82) is 0 Å². The predicted octanol–water partition coefficient (Wildman–Crippen LogP) is 0.313. The average molecular weight is 287 g/mol. The SMILES string of the molecule is CN1CCN(NC(=O)c2cccc(C#CCCO)c2)CC1. The lowest BCUT2D eigenvalue weighted by atomic mass is 10.1. The number of hydrogen-bond donors (Lipinski definition) is 2. The number of benzene rings is 1. The zero-order chi connectivity index (χ0) is 15.1. The molecule has 0 aromatic heterocycles. The summed E-state index contributed by atoms with van der Waals surface area (Å²) in [4.78, 5) is 14.5. The van der Waals surface area contributed by atoms with Gasteiger partial charge in [0.25, 0.3) is 5.91 Å². The Labute approximate surface area is 125 Å². The molecule has 0 spiro atoms. The van der Waals surface area contributed by atoms with Gasteiger partial charge < -0.3 is 10.0 Å². The molecule has 1 aliphatic heterocycles. The second-order valence-electron chi connectivity index (χ2n) is 5.09. The molecule has 112 valence electrons. The summed E-state index contributed by atoms with van der Waals surface area (Å²) < 4.78 is 0. The number of carbonyl (C=O) groups is 1. The van der Waals surface area contributed by atoms with E-state index in [9.17, 15) is 4.79 Å². The zero-order valence-electron chi connectivity index (χ0n) is 12.3. The summed E-state index contributed by atoms with van der Waals surface area (Å²) in [5.41, 5.74) is 4.32. The second-order valence-corrected chi connectivity index (χ2v) is 5.09. The van der Waals surface area contributed by atoms with Gasteiger partial charge in [-0.25, -0.2) is 5.01 Å². The highest BCUT2D eigenvalue weighted by atomic mass is 16.2. The molecule has 1 aromatic rings. The molecule has 0 radical (unpaired) electrons. The number of amides is 1. The van der Waals surface area contributed by atoms with Crippen LogP contribution in [0.15, 0.2) is 24.3 Å². The van der Waals surface area contributed by atoms with Gasteiger partial charge in [0.2, 0.25) is 0 Å². The second kappa shape index (κ2) is 7.79. The van der Waals surface area contributed by atoms with E-state index in [1.54, 1.807) is 12.1 Å². The molecule has 1 fully saturated rings. The van der Waals surface area contributed by atoms with Crippen molar-refractivity contribution in [3.63, 3.8) is 0 Å². The molecule has 0 atom stereocenters. The fourth-order valence-electron chi connectivity index (χ4n) is 2.09. The summed E-state index contributed by atoms with van der Waals surface area (Å²) in [6, 6.07) is 7.23. The summed E-state index contributed by atoms with van der Waals surface area (Å²) >= 11 is 0. The topological polar surface area (TPSA) is 55.8 Å². The van der Waals surface area contributed by atoms with Crippen molar-refractivity contribution in [2.75, 3.05) is 39.8 Å². The number of rotatable bonds is 3. The fraction of sp³-hybridized carbons (Fsp3) is 0.438. The van der Waals surface area contributed by atoms with Gasteiger partial charge in [0, 0.05) is 43.7 Å². The van der Waals surface area contributed by atoms with Gasteiger partial charge in [0.05, 0.1) is 6.61 Å². The van der Waals surface area contributed by atoms with Gasteiger partial charge in [-0.2, -0.15) is 0 Å². The van der Waals surface area contributed by atoms with Crippen LogP contribution in [0.1, 0.15) is 22.3 Å². The van der Waals surface area contributed by atoms with E-state index in [0.717, 1.165) is 31.7 Å². The highest BCUT2D eigenvalue weighted by Gasteiger charge is 2.16. The van der Waals surface area contributed by atoms with Crippen LogP contribution in [0.25, 0.3) is 0 Å². The number of hydrogen-bond acceptors (Lipinski definition) is 4. The molecular weight excluding hydrogens is 266 g/mol. The standard InChI is InChI=1S/C16H21N3O2/c1-18-8-10-19(11-9-18)17-16(21)15-7-4-6-14(13-15)5-2-3-12-20/h4,6-7,13,20H,3,8-12H2,1H3,(H,17,21). The van der Waals surface area contributed by atoms with Crippen LogP contribution in [0.3, 0.4) is 0 Å². The number of nitrogens with zero attached hydrogens (tertiary/aromatic N) is 2. The van der Waals surface area contributed by atoms with Crippen molar-refractivity contribution in [2.45, 2.75) is 6.42 Å². The quantitative estimate of drug-likeness (QED) is 0.786. The Balaban J connectivity index is 1.96. The van der Waals surface area contributed by atoms with Crippen molar-refractivity contribution < 1.29 is 9.90 Å². The minimum atomic E-state index is -0.106. The Hall–Kier alpha value is -1.87. The van der Waals surface area contributed by atoms with Gasteiger partial charge >= 0.3 is 0 Å². The van der Waals surface area contributed by atoms with Crippen molar-refractivity contribution in [3.8, 4) is 11.8 Å². The lowest BCUT2D eigenvalue weighted by Gasteiger charge is -2.32. The summed E-state index contributed by atoms with van der Waals surface area (Å²) in [5.74, 6) is 5.69. The van der Waals surface area contributed by atoms with E-state index >= 15 is 0 Å². The van der Waals surface area contributed by atoms with E-state index in [-0.39, 0.29) is 12.5 Å². The monoisotopic (exact) mass is 287 g/mol. The molecule has 5 heteroatoms. The molecule has 1 aliphatic rings. The normalized spacial score (nSPS) is 16.1. The van der Waals surface area contributed by atoms with Crippen LogP contribution in [0, 0.1) is 11.8 Å². The molecule has 5 nitrogen and oxygen atoms in total. The molecule has 2 N–H and O–H groups in total. The van der Waals surface area contributed by atoms with E-state index < -0.39 is 0 Å². The highest BCUT2D eigenvalue weighted by Crippen LogP contribution is 2.05. The van der Waals surface area contributed by atoms with Gasteiger partial charge in [-0.15, -0.1) is 0 Å². The van der Waals surface area contributed by atoms with Crippen LogP contribution in [0.4, 0.5) is 0 Å². The number of aliphatic hydroxyl groups is 1. The van der Waals surface area contributed by atoms with Crippen LogP contribution in [-0.4, -0.2) is 60.8 Å². The molecular formula is C16H21N3O2. The van der Waals surface area contributed by atoms with E-state index in [1.807, 2.05) is 17.1 Å². The minimum Gasteiger partial charge on any atom is -0.395 e. The number of piperazine rings is 1. The smallest absolute Gasteiger partial charge is 0.265 e. The minimum absolute atomic E-state index is 0.0522. The number of aliphatic hydroxyl groups excluding tert-OH is 1. The first kappa shape index (κ1) is 15.5. The Morgan fingerprint density at radius 1 is 1.33 bits per heavy atom. The Kier molecular flexibility index (Phi) is 5.76. The molecule has 0 unspecified atom stereocenters. The summed E-state index contributed by atoms with van der Waals surface area (Å²) in [6.45, 7) is 3.62. The van der Waals surface area contributed by atoms with Crippen LogP contribution >= 0.6 is 0 Å². The summed E-state index contributed by atoms with van der Waals surface area (Å²) in [7, 11) is 2.08. The van der Waals surface area contributed by atoms with E-state index in [1.165, 1.54) is 0 Å². The molecule has 1 saturated heterocycles. The van der Waals surface area contributed by atoms with Crippen molar-refractivity contribution in [1.82, 2.24) is 15.3 Å².